The minimum atomic E-state index is -1.03. The van der Waals surface area contributed by atoms with Gasteiger partial charge in [0.15, 0.2) is 11.5 Å². The van der Waals surface area contributed by atoms with Crippen molar-refractivity contribution in [2.45, 2.75) is 38.3 Å². The number of hydrogen-bond donors (Lipinski definition) is 5. The predicted molar refractivity (Wildman–Crippen MR) is 137 cm³/mol. The van der Waals surface area contributed by atoms with Crippen LogP contribution < -0.4 is 25.4 Å². The number of hydrogen-bond acceptors (Lipinski definition) is 6. The zero-order valence-corrected chi connectivity index (χ0v) is 20.7. The van der Waals surface area contributed by atoms with Crippen molar-refractivity contribution in [1.82, 2.24) is 20.9 Å². The van der Waals surface area contributed by atoms with Crippen LogP contribution >= 0.6 is 0 Å². The van der Waals surface area contributed by atoms with Gasteiger partial charge < -0.3 is 35.5 Å². The Morgan fingerprint density at radius 1 is 1.14 bits per heavy atom. The van der Waals surface area contributed by atoms with E-state index in [1.165, 1.54) is 6.92 Å². The summed E-state index contributed by atoms with van der Waals surface area (Å²) in [7, 11) is 1.62. The molecule has 2 heterocycles. The third kappa shape index (κ3) is 6.16. The Labute approximate surface area is 210 Å². The Kier molecular flexibility index (Phi) is 8.45. The van der Waals surface area contributed by atoms with Gasteiger partial charge in [-0.15, -0.1) is 0 Å². The zero-order chi connectivity index (χ0) is 25.5. The van der Waals surface area contributed by atoms with E-state index >= 15 is 0 Å². The summed E-state index contributed by atoms with van der Waals surface area (Å²) in [6, 6.07) is 13.0. The zero-order valence-electron chi connectivity index (χ0n) is 20.7. The van der Waals surface area contributed by atoms with Crippen LogP contribution in [-0.2, 0) is 22.4 Å². The van der Waals surface area contributed by atoms with E-state index in [0.29, 0.717) is 50.5 Å². The molecule has 1 aromatic heterocycles. The number of ether oxygens (including phenoxy) is 2. The second kappa shape index (κ2) is 11.9. The molecule has 1 aliphatic rings. The molecule has 3 aromatic rings. The smallest absolute Gasteiger partial charge is 0.245 e. The van der Waals surface area contributed by atoms with Crippen molar-refractivity contribution < 1.29 is 24.2 Å². The van der Waals surface area contributed by atoms with Crippen LogP contribution in [0.15, 0.2) is 42.5 Å². The van der Waals surface area contributed by atoms with Crippen molar-refractivity contribution in [2.24, 2.45) is 0 Å². The molecule has 2 atom stereocenters. The quantitative estimate of drug-likeness (QED) is 0.369. The molecule has 0 unspecified atom stereocenters. The van der Waals surface area contributed by atoms with E-state index in [9.17, 15) is 14.7 Å². The summed E-state index contributed by atoms with van der Waals surface area (Å²) in [5.41, 5.74) is 4.28. The topological polar surface area (TPSA) is 125 Å². The molecule has 0 aliphatic carbocycles. The molecule has 0 radical (unpaired) electrons. The molecule has 9 nitrogen and oxygen atoms in total. The summed E-state index contributed by atoms with van der Waals surface area (Å²) < 4.78 is 11.5. The lowest BCUT2D eigenvalue weighted by Crippen LogP contribution is -2.54. The minimum absolute atomic E-state index is 0.0357. The number of carbonyl (C=O) groups is 2. The van der Waals surface area contributed by atoms with Crippen molar-refractivity contribution >= 4 is 22.7 Å². The summed E-state index contributed by atoms with van der Waals surface area (Å²) in [6.45, 7) is 2.89. The number of benzene rings is 2. The SMILES string of the molecule is COc1ccc2cc1OCCCNCC(=O)N[C@@H]([C@@H](C)O)C(=O)NCCc1c([nH]c3ccccc13)C2. The van der Waals surface area contributed by atoms with Gasteiger partial charge in [-0.3, -0.25) is 9.59 Å². The van der Waals surface area contributed by atoms with E-state index in [-0.39, 0.29) is 12.5 Å². The number of rotatable bonds is 2. The Balaban J connectivity index is 1.63. The molecule has 2 amide bonds. The maximum atomic E-state index is 12.8. The largest absolute Gasteiger partial charge is 0.493 e. The number of H-pyrrole nitrogens is 1. The van der Waals surface area contributed by atoms with Gasteiger partial charge in [0.2, 0.25) is 11.8 Å². The molecule has 0 fully saturated rings. The van der Waals surface area contributed by atoms with Crippen LogP contribution in [0.3, 0.4) is 0 Å². The number of aromatic nitrogens is 1. The van der Waals surface area contributed by atoms with Crippen molar-refractivity contribution in [1.29, 1.82) is 0 Å². The number of amides is 2. The molecule has 9 heteroatoms. The minimum Gasteiger partial charge on any atom is -0.493 e. The van der Waals surface area contributed by atoms with Gasteiger partial charge in [0.25, 0.3) is 0 Å². The average molecular weight is 495 g/mol. The van der Waals surface area contributed by atoms with Gasteiger partial charge in [-0.1, -0.05) is 24.3 Å². The fourth-order valence-corrected chi connectivity index (χ4v) is 4.47. The predicted octanol–water partition coefficient (Wildman–Crippen LogP) is 1.66. The molecule has 0 saturated heterocycles. The van der Waals surface area contributed by atoms with Crippen LogP contribution in [0, 0.1) is 0 Å². The molecule has 2 bridgehead atoms. The highest BCUT2D eigenvalue weighted by Crippen LogP contribution is 2.31. The van der Waals surface area contributed by atoms with E-state index in [4.69, 9.17) is 9.47 Å². The van der Waals surface area contributed by atoms with Gasteiger partial charge >= 0.3 is 0 Å². The Morgan fingerprint density at radius 2 is 1.97 bits per heavy atom. The highest BCUT2D eigenvalue weighted by Gasteiger charge is 2.25. The molecule has 1 aliphatic heterocycles. The number of para-hydroxylation sites is 1. The summed E-state index contributed by atoms with van der Waals surface area (Å²) in [5, 5.41) is 19.8. The molecule has 4 rings (SSSR count). The van der Waals surface area contributed by atoms with E-state index in [1.54, 1.807) is 7.11 Å². The van der Waals surface area contributed by atoms with E-state index in [0.717, 1.165) is 27.7 Å². The first kappa shape index (κ1) is 25.5. The molecule has 5 N–H and O–H groups in total. The van der Waals surface area contributed by atoms with Crippen LogP contribution in [0.2, 0.25) is 0 Å². The number of aromatic amines is 1. The maximum absolute atomic E-state index is 12.8. The molecule has 36 heavy (non-hydrogen) atoms. The molecule has 2 aromatic carbocycles. The van der Waals surface area contributed by atoms with Crippen molar-refractivity contribution in [3.63, 3.8) is 0 Å². The van der Waals surface area contributed by atoms with Gasteiger partial charge in [-0.05, 0) is 55.6 Å². The lowest BCUT2D eigenvalue weighted by Gasteiger charge is -2.21. The highest BCUT2D eigenvalue weighted by atomic mass is 16.5. The van der Waals surface area contributed by atoms with Gasteiger partial charge in [-0.2, -0.15) is 0 Å². The van der Waals surface area contributed by atoms with Crippen molar-refractivity contribution in [2.75, 3.05) is 33.4 Å². The fourth-order valence-electron chi connectivity index (χ4n) is 4.47. The molecular formula is C27H34N4O5. The van der Waals surface area contributed by atoms with Crippen LogP contribution in [0.5, 0.6) is 11.5 Å². The normalized spacial score (nSPS) is 19.0. The Morgan fingerprint density at radius 3 is 2.78 bits per heavy atom. The monoisotopic (exact) mass is 494 g/mol. The molecule has 192 valence electrons. The lowest BCUT2D eigenvalue weighted by molar-refractivity contribution is -0.131. The maximum Gasteiger partial charge on any atom is 0.245 e. The van der Waals surface area contributed by atoms with Gasteiger partial charge in [0.05, 0.1) is 26.4 Å². The van der Waals surface area contributed by atoms with E-state index < -0.39 is 18.1 Å². The Bertz CT molecular complexity index is 1210. The first-order chi connectivity index (χ1) is 17.5. The second-order valence-corrected chi connectivity index (χ2v) is 9.00. The van der Waals surface area contributed by atoms with Gasteiger partial charge in [0.1, 0.15) is 6.04 Å². The van der Waals surface area contributed by atoms with Crippen LogP contribution in [0.25, 0.3) is 10.9 Å². The number of methoxy groups -OCH3 is 1. The Hall–Kier alpha value is -3.56. The third-order valence-electron chi connectivity index (χ3n) is 6.31. The number of aliphatic hydroxyl groups excluding tert-OH is 1. The highest BCUT2D eigenvalue weighted by molar-refractivity contribution is 5.89. The summed E-state index contributed by atoms with van der Waals surface area (Å²) in [5.74, 6) is 0.574. The van der Waals surface area contributed by atoms with Crippen LogP contribution in [0.1, 0.15) is 30.2 Å². The van der Waals surface area contributed by atoms with E-state index in [2.05, 4.69) is 27.0 Å². The average Bonchev–Trinajstić information content (AvgIpc) is 3.20. The summed E-state index contributed by atoms with van der Waals surface area (Å²) in [4.78, 5) is 28.7. The van der Waals surface area contributed by atoms with Gasteiger partial charge in [0, 0.05) is 29.6 Å². The second-order valence-electron chi connectivity index (χ2n) is 9.00. The number of carbonyl (C=O) groups excluding carboxylic acids is 2. The number of fused-ring (bicyclic) bond motifs is 5. The van der Waals surface area contributed by atoms with Crippen LogP contribution in [0.4, 0.5) is 0 Å². The first-order valence-corrected chi connectivity index (χ1v) is 12.3. The lowest BCUT2D eigenvalue weighted by atomic mass is 10.0. The van der Waals surface area contributed by atoms with Crippen molar-refractivity contribution in [3.8, 4) is 11.5 Å². The van der Waals surface area contributed by atoms with E-state index in [1.807, 2.05) is 36.4 Å². The summed E-state index contributed by atoms with van der Waals surface area (Å²) in [6.07, 6.45) is 0.896. The molecule has 0 spiro atoms. The first-order valence-electron chi connectivity index (χ1n) is 12.3. The van der Waals surface area contributed by atoms with Gasteiger partial charge in [-0.25, -0.2) is 0 Å². The van der Waals surface area contributed by atoms with Crippen molar-refractivity contribution in [3.05, 3.63) is 59.3 Å². The standard InChI is InChI=1S/C27H34N4O5/c1-17(32)26-27(34)29-12-10-20-19-6-3-4-7-21(19)30-22(20)14-18-8-9-23(35-2)24(15-18)36-13-5-11-28-16-25(33)31-26/h3-4,6-9,15,17,26,28,30,32H,5,10-14,16H2,1-2H3,(H,29,34)(H,31,33)/t17-,26+/m1/s1. The molecule has 0 saturated carbocycles. The summed E-state index contributed by atoms with van der Waals surface area (Å²) >= 11 is 0. The van der Waals surface area contributed by atoms with Crippen LogP contribution in [-0.4, -0.2) is 67.4 Å². The fraction of sp³-hybridized carbons (Fsp3) is 0.407. The third-order valence-corrected chi connectivity index (χ3v) is 6.31. The number of nitrogens with one attached hydrogen (secondary N) is 4. The molecular weight excluding hydrogens is 460 g/mol. The number of aliphatic hydroxyl groups is 1.